The lowest BCUT2D eigenvalue weighted by Crippen LogP contribution is -2.15. The van der Waals surface area contributed by atoms with E-state index in [-0.39, 0.29) is 12.5 Å². The van der Waals surface area contributed by atoms with Crippen LogP contribution >= 0.6 is 27.3 Å². The molecule has 0 aliphatic rings. The van der Waals surface area contributed by atoms with Gasteiger partial charge in [-0.05, 0) is 51.3 Å². The van der Waals surface area contributed by atoms with Gasteiger partial charge in [-0.2, -0.15) is 0 Å². The monoisotopic (exact) mass is 448 g/mol. The van der Waals surface area contributed by atoms with Gasteiger partial charge in [-0.25, -0.2) is 4.79 Å². The highest BCUT2D eigenvalue weighted by Crippen LogP contribution is 2.26. The highest BCUT2D eigenvalue weighted by molar-refractivity contribution is 9.10. The summed E-state index contributed by atoms with van der Waals surface area (Å²) in [6, 6.07) is 12.3. The SMILES string of the molecule is COCOC(=O)c1ccc(-c2csc(=N)n2Cc2ccc(O)c(Br)c2)cc1. The predicted octanol–water partition coefficient (Wildman–Crippen LogP) is 3.97. The number of thiazole rings is 1. The van der Waals surface area contributed by atoms with Gasteiger partial charge >= 0.3 is 5.97 Å². The number of phenols is 1. The number of rotatable bonds is 6. The molecule has 3 aromatic rings. The first-order valence-corrected chi connectivity index (χ1v) is 9.63. The van der Waals surface area contributed by atoms with Crippen LogP contribution in [0.25, 0.3) is 11.3 Å². The van der Waals surface area contributed by atoms with Crippen molar-refractivity contribution < 1.29 is 19.4 Å². The Morgan fingerprint density at radius 2 is 2.00 bits per heavy atom. The second-order valence-electron chi connectivity index (χ2n) is 5.71. The van der Waals surface area contributed by atoms with Gasteiger partial charge in [-0.1, -0.05) is 18.2 Å². The molecule has 0 bridgehead atoms. The Bertz CT molecular complexity index is 1010. The van der Waals surface area contributed by atoms with Crippen molar-refractivity contribution in [2.45, 2.75) is 6.54 Å². The van der Waals surface area contributed by atoms with Crippen LogP contribution in [0, 0.1) is 5.41 Å². The Morgan fingerprint density at radius 3 is 2.67 bits per heavy atom. The number of carbonyl (C=O) groups is 1. The first kappa shape index (κ1) is 19.3. The van der Waals surface area contributed by atoms with Crippen LogP contribution in [0.4, 0.5) is 0 Å². The summed E-state index contributed by atoms with van der Waals surface area (Å²) >= 11 is 4.65. The Balaban J connectivity index is 1.86. The molecule has 2 N–H and O–H groups in total. The molecule has 0 aliphatic carbocycles. The molecule has 0 saturated carbocycles. The van der Waals surface area contributed by atoms with Crippen molar-refractivity contribution in [1.29, 1.82) is 5.41 Å². The van der Waals surface area contributed by atoms with Gasteiger partial charge < -0.3 is 19.1 Å². The maximum Gasteiger partial charge on any atom is 0.340 e. The van der Waals surface area contributed by atoms with E-state index in [9.17, 15) is 9.90 Å². The molecule has 0 aliphatic heterocycles. The van der Waals surface area contributed by atoms with E-state index < -0.39 is 5.97 Å². The fraction of sp³-hybridized carbons (Fsp3) is 0.158. The summed E-state index contributed by atoms with van der Waals surface area (Å²) in [6.45, 7) is 0.406. The summed E-state index contributed by atoms with van der Waals surface area (Å²) in [5.41, 5.74) is 3.17. The lowest BCUT2D eigenvalue weighted by Gasteiger charge is -2.10. The Hall–Kier alpha value is -2.42. The van der Waals surface area contributed by atoms with Crippen molar-refractivity contribution in [2.75, 3.05) is 13.9 Å². The normalized spacial score (nSPS) is 10.7. The molecule has 0 atom stereocenters. The van der Waals surface area contributed by atoms with Gasteiger partial charge in [-0.15, -0.1) is 11.3 Å². The van der Waals surface area contributed by atoms with Crippen LogP contribution in [0.5, 0.6) is 5.75 Å². The average molecular weight is 449 g/mol. The Morgan fingerprint density at radius 1 is 1.26 bits per heavy atom. The minimum absolute atomic E-state index is 0.0878. The fourth-order valence-electron chi connectivity index (χ4n) is 2.53. The van der Waals surface area contributed by atoms with Gasteiger partial charge in [0.25, 0.3) is 0 Å². The second kappa shape index (κ2) is 8.51. The molecule has 27 heavy (non-hydrogen) atoms. The number of hydrogen-bond acceptors (Lipinski definition) is 6. The summed E-state index contributed by atoms with van der Waals surface area (Å²) in [5, 5.41) is 19.8. The van der Waals surface area contributed by atoms with Crippen molar-refractivity contribution in [3.8, 4) is 17.0 Å². The Kier molecular flexibility index (Phi) is 6.10. The molecule has 0 spiro atoms. The van der Waals surface area contributed by atoms with Crippen LogP contribution in [0.2, 0.25) is 0 Å². The Labute approximate surface area is 168 Å². The summed E-state index contributed by atoms with van der Waals surface area (Å²) in [5.74, 6) is -0.270. The summed E-state index contributed by atoms with van der Waals surface area (Å²) in [7, 11) is 1.46. The third-order valence-corrected chi connectivity index (χ3v) is 5.32. The van der Waals surface area contributed by atoms with Crippen LogP contribution in [-0.2, 0) is 16.0 Å². The van der Waals surface area contributed by atoms with E-state index in [0.717, 1.165) is 16.8 Å². The number of ether oxygens (including phenoxy) is 2. The van der Waals surface area contributed by atoms with Crippen molar-refractivity contribution in [1.82, 2.24) is 4.57 Å². The second-order valence-corrected chi connectivity index (χ2v) is 7.43. The number of carbonyl (C=O) groups excluding carboxylic acids is 1. The minimum Gasteiger partial charge on any atom is -0.507 e. The highest BCUT2D eigenvalue weighted by atomic mass is 79.9. The zero-order valence-electron chi connectivity index (χ0n) is 14.4. The summed E-state index contributed by atoms with van der Waals surface area (Å²) in [4.78, 5) is 12.3. The van der Waals surface area contributed by atoms with Gasteiger partial charge in [-0.3, -0.25) is 5.41 Å². The zero-order chi connectivity index (χ0) is 19.4. The number of methoxy groups -OCH3 is 1. The van der Waals surface area contributed by atoms with Crippen LogP contribution in [0.1, 0.15) is 15.9 Å². The number of esters is 1. The zero-order valence-corrected chi connectivity index (χ0v) is 16.8. The van der Waals surface area contributed by atoms with Crippen molar-refractivity contribution in [3.05, 3.63) is 68.2 Å². The van der Waals surface area contributed by atoms with E-state index in [0.29, 0.717) is 21.4 Å². The molecule has 3 rings (SSSR count). The number of halogens is 1. The van der Waals surface area contributed by atoms with Crippen LogP contribution in [0.15, 0.2) is 52.3 Å². The molecule has 140 valence electrons. The molecule has 0 amide bonds. The molecule has 0 unspecified atom stereocenters. The number of aromatic hydroxyl groups is 1. The standard InChI is InChI=1S/C19H17BrN2O4S/c1-25-11-26-18(24)14-5-3-13(4-6-14)16-10-27-19(21)22(16)9-12-2-7-17(23)15(20)8-12/h2-8,10,21,23H,9,11H2,1H3. The van der Waals surface area contributed by atoms with Crippen molar-refractivity contribution in [3.63, 3.8) is 0 Å². The maximum atomic E-state index is 11.9. The van der Waals surface area contributed by atoms with Crippen molar-refractivity contribution >= 4 is 33.2 Å². The summed E-state index contributed by atoms with van der Waals surface area (Å²) < 4.78 is 12.2. The average Bonchev–Trinajstić information content (AvgIpc) is 3.03. The van der Waals surface area contributed by atoms with E-state index >= 15 is 0 Å². The van der Waals surface area contributed by atoms with Gasteiger partial charge in [0.15, 0.2) is 11.6 Å². The number of benzene rings is 2. The van der Waals surface area contributed by atoms with Crippen LogP contribution < -0.4 is 4.80 Å². The number of phenolic OH excluding ortho intramolecular Hbond substituents is 1. The van der Waals surface area contributed by atoms with Gasteiger partial charge in [0, 0.05) is 12.5 Å². The van der Waals surface area contributed by atoms with E-state index in [1.54, 1.807) is 18.2 Å². The van der Waals surface area contributed by atoms with Gasteiger partial charge in [0.2, 0.25) is 0 Å². The first-order valence-electron chi connectivity index (χ1n) is 7.96. The predicted molar refractivity (Wildman–Crippen MR) is 106 cm³/mol. The molecular formula is C19H17BrN2O4S. The molecule has 0 fully saturated rings. The topological polar surface area (TPSA) is 84.5 Å². The van der Waals surface area contributed by atoms with Crippen molar-refractivity contribution in [2.24, 2.45) is 0 Å². The third-order valence-electron chi connectivity index (χ3n) is 3.90. The maximum absolute atomic E-state index is 11.9. The van der Waals surface area contributed by atoms with Crippen LogP contribution in [0.3, 0.4) is 0 Å². The molecule has 1 heterocycles. The van der Waals surface area contributed by atoms with Gasteiger partial charge in [0.1, 0.15) is 5.75 Å². The van der Waals surface area contributed by atoms with Crippen LogP contribution in [-0.4, -0.2) is 29.5 Å². The number of nitrogens with zero attached hydrogens (tertiary/aromatic N) is 1. The first-order chi connectivity index (χ1) is 13.0. The number of nitrogens with one attached hydrogen (secondary N) is 1. The number of hydrogen-bond donors (Lipinski definition) is 2. The molecule has 0 saturated heterocycles. The lowest BCUT2D eigenvalue weighted by atomic mass is 10.1. The fourth-order valence-corrected chi connectivity index (χ4v) is 3.74. The van der Waals surface area contributed by atoms with Gasteiger partial charge in [0.05, 0.1) is 22.3 Å². The molecule has 0 radical (unpaired) electrons. The minimum atomic E-state index is -0.447. The van der Waals surface area contributed by atoms with E-state index in [2.05, 4.69) is 15.9 Å². The highest BCUT2D eigenvalue weighted by Gasteiger charge is 2.11. The van der Waals surface area contributed by atoms with E-state index in [1.807, 2.05) is 34.2 Å². The molecule has 1 aromatic heterocycles. The summed E-state index contributed by atoms with van der Waals surface area (Å²) in [6.07, 6.45) is 0. The largest absolute Gasteiger partial charge is 0.507 e. The molecule has 8 heteroatoms. The lowest BCUT2D eigenvalue weighted by molar-refractivity contribution is -0.0125. The molecule has 2 aromatic carbocycles. The molecular weight excluding hydrogens is 432 g/mol. The van der Waals surface area contributed by atoms with E-state index in [1.165, 1.54) is 18.4 Å². The molecule has 6 nitrogen and oxygen atoms in total. The van der Waals surface area contributed by atoms with E-state index in [4.69, 9.17) is 14.9 Å². The third kappa shape index (κ3) is 4.47. The number of aromatic nitrogens is 1. The quantitative estimate of drug-likeness (QED) is 0.441. The smallest absolute Gasteiger partial charge is 0.340 e.